The van der Waals surface area contributed by atoms with Gasteiger partial charge in [0.15, 0.2) is 11.5 Å². The lowest BCUT2D eigenvalue weighted by atomic mass is 10.2. The minimum atomic E-state index is 0.0113. The molecule has 0 spiro atoms. The Bertz CT molecular complexity index is 706. The van der Waals surface area contributed by atoms with Crippen molar-refractivity contribution in [1.82, 2.24) is 0 Å². The first-order valence-electron chi connectivity index (χ1n) is 7.15. The molecule has 0 aromatic heterocycles. The van der Waals surface area contributed by atoms with Gasteiger partial charge in [-0.05, 0) is 36.1 Å². The van der Waals surface area contributed by atoms with Crippen LogP contribution in [0, 0.1) is 0 Å². The number of amides is 1. The molecule has 0 saturated carbocycles. The number of carbonyl (C=O) groups is 1. The summed E-state index contributed by atoms with van der Waals surface area (Å²) in [5.41, 5.74) is 1.99. The summed E-state index contributed by atoms with van der Waals surface area (Å²) in [5, 5.41) is 2.96. The van der Waals surface area contributed by atoms with Gasteiger partial charge in [0, 0.05) is 10.6 Å². The number of para-hydroxylation sites is 1. The van der Waals surface area contributed by atoms with Crippen molar-refractivity contribution in [3.8, 4) is 11.5 Å². The Kier molecular flexibility index (Phi) is 5.35. The molecule has 3 rings (SSSR count). The van der Waals surface area contributed by atoms with E-state index in [1.165, 1.54) is 0 Å². The number of nitrogens with one attached hydrogen (secondary N) is 1. The van der Waals surface area contributed by atoms with Gasteiger partial charge in [0.2, 0.25) is 12.7 Å². The second kappa shape index (κ2) is 7.66. The van der Waals surface area contributed by atoms with E-state index in [0.717, 1.165) is 33.4 Å². The molecule has 1 amide bonds. The normalized spacial score (nSPS) is 12.2. The molecule has 0 saturated heterocycles. The summed E-state index contributed by atoms with van der Waals surface area (Å²) in [6.45, 7) is 0.281. The van der Waals surface area contributed by atoms with Crippen LogP contribution in [-0.4, -0.2) is 24.7 Å². The second-order valence-corrected chi connectivity index (χ2v) is 6.76. The molecule has 2 aromatic rings. The third kappa shape index (κ3) is 4.14. The lowest BCUT2D eigenvalue weighted by molar-refractivity contribution is -0.113. The number of benzene rings is 2. The van der Waals surface area contributed by atoms with Crippen LogP contribution >= 0.6 is 23.5 Å². The maximum absolute atomic E-state index is 12.1. The SMILES string of the molecule is CSc1ccccc1NC(=O)CSCc1ccc2c(c1)OCO2. The predicted molar refractivity (Wildman–Crippen MR) is 95.6 cm³/mol. The molecule has 2 aromatic carbocycles. The average molecular weight is 347 g/mol. The highest BCUT2D eigenvalue weighted by atomic mass is 32.2. The van der Waals surface area contributed by atoms with Crippen LogP contribution < -0.4 is 14.8 Å². The first-order valence-corrected chi connectivity index (χ1v) is 9.53. The molecule has 6 heteroatoms. The number of anilines is 1. The van der Waals surface area contributed by atoms with E-state index < -0.39 is 0 Å². The molecular weight excluding hydrogens is 330 g/mol. The van der Waals surface area contributed by atoms with Crippen molar-refractivity contribution in [3.63, 3.8) is 0 Å². The highest BCUT2D eigenvalue weighted by molar-refractivity contribution is 7.99. The Morgan fingerprint density at radius 1 is 1.17 bits per heavy atom. The number of carbonyl (C=O) groups excluding carboxylic acids is 1. The minimum absolute atomic E-state index is 0.0113. The number of hydrogen-bond donors (Lipinski definition) is 1. The zero-order valence-corrected chi connectivity index (χ0v) is 14.3. The van der Waals surface area contributed by atoms with Crippen molar-refractivity contribution in [2.45, 2.75) is 10.6 Å². The van der Waals surface area contributed by atoms with Gasteiger partial charge in [-0.25, -0.2) is 0 Å². The van der Waals surface area contributed by atoms with Crippen LogP contribution in [0.15, 0.2) is 47.4 Å². The van der Waals surface area contributed by atoms with Gasteiger partial charge in [0.25, 0.3) is 0 Å². The summed E-state index contributed by atoms with van der Waals surface area (Å²) in [6.07, 6.45) is 2.00. The fourth-order valence-electron chi connectivity index (χ4n) is 2.23. The van der Waals surface area contributed by atoms with E-state index >= 15 is 0 Å². The van der Waals surface area contributed by atoms with Gasteiger partial charge in [-0.2, -0.15) is 0 Å². The van der Waals surface area contributed by atoms with Gasteiger partial charge in [0.1, 0.15) is 0 Å². The van der Waals surface area contributed by atoms with Crippen molar-refractivity contribution >= 4 is 35.1 Å². The topological polar surface area (TPSA) is 47.6 Å². The van der Waals surface area contributed by atoms with Gasteiger partial charge in [0.05, 0.1) is 11.4 Å². The third-order valence-electron chi connectivity index (χ3n) is 3.32. The summed E-state index contributed by atoms with van der Waals surface area (Å²) in [5.74, 6) is 2.75. The van der Waals surface area contributed by atoms with Crippen LogP contribution in [-0.2, 0) is 10.5 Å². The first-order chi connectivity index (χ1) is 11.3. The van der Waals surface area contributed by atoms with Crippen LogP contribution in [0.4, 0.5) is 5.69 Å². The quantitative estimate of drug-likeness (QED) is 0.800. The van der Waals surface area contributed by atoms with Crippen LogP contribution in [0.5, 0.6) is 11.5 Å². The van der Waals surface area contributed by atoms with E-state index in [9.17, 15) is 4.79 Å². The lowest BCUT2D eigenvalue weighted by Crippen LogP contribution is -2.14. The number of rotatable bonds is 6. The van der Waals surface area contributed by atoms with Crippen LogP contribution in [0.25, 0.3) is 0 Å². The van der Waals surface area contributed by atoms with Gasteiger partial charge in [-0.3, -0.25) is 4.79 Å². The zero-order chi connectivity index (χ0) is 16.1. The molecule has 120 valence electrons. The third-order valence-corrected chi connectivity index (χ3v) is 5.12. The minimum Gasteiger partial charge on any atom is -0.454 e. The number of hydrogen-bond acceptors (Lipinski definition) is 5. The fourth-order valence-corrected chi connectivity index (χ4v) is 3.56. The Morgan fingerprint density at radius 3 is 2.87 bits per heavy atom. The molecule has 0 bridgehead atoms. The molecule has 4 nitrogen and oxygen atoms in total. The highest BCUT2D eigenvalue weighted by Crippen LogP contribution is 2.33. The van der Waals surface area contributed by atoms with Gasteiger partial charge in [-0.15, -0.1) is 23.5 Å². The monoisotopic (exact) mass is 347 g/mol. The van der Waals surface area contributed by atoms with Crippen molar-refractivity contribution in [1.29, 1.82) is 0 Å². The average Bonchev–Trinajstić information content (AvgIpc) is 3.03. The molecule has 0 radical (unpaired) electrons. The van der Waals surface area contributed by atoms with E-state index in [-0.39, 0.29) is 12.7 Å². The lowest BCUT2D eigenvalue weighted by Gasteiger charge is -2.09. The molecule has 1 N–H and O–H groups in total. The Morgan fingerprint density at radius 2 is 2.00 bits per heavy atom. The maximum Gasteiger partial charge on any atom is 0.234 e. The predicted octanol–water partition coefficient (Wildman–Crippen LogP) is 4.01. The smallest absolute Gasteiger partial charge is 0.234 e. The summed E-state index contributed by atoms with van der Waals surface area (Å²) >= 11 is 3.20. The molecule has 1 aliphatic rings. The zero-order valence-electron chi connectivity index (χ0n) is 12.7. The molecule has 0 fully saturated rings. The molecule has 1 aliphatic heterocycles. The molecule has 0 atom stereocenters. The van der Waals surface area contributed by atoms with Crippen LogP contribution in [0.1, 0.15) is 5.56 Å². The molecular formula is C17H17NO3S2. The second-order valence-electron chi connectivity index (χ2n) is 4.93. The molecule has 0 aliphatic carbocycles. The molecule has 0 unspecified atom stereocenters. The van der Waals surface area contributed by atoms with Crippen LogP contribution in [0.2, 0.25) is 0 Å². The summed E-state index contributed by atoms with van der Waals surface area (Å²) in [7, 11) is 0. The van der Waals surface area contributed by atoms with Crippen molar-refractivity contribution < 1.29 is 14.3 Å². The van der Waals surface area contributed by atoms with E-state index in [4.69, 9.17) is 9.47 Å². The largest absolute Gasteiger partial charge is 0.454 e. The van der Waals surface area contributed by atoms with Crippen molar-refractivity contribution in [2.75, 3.05) is 24.1 Å². The highest BCUT2D eigenvalue weighted by Gasteiger charge is 2.13. The van der Waals surface area contributed by atoms with Crippen LogP contribution in [0.3, 0.4) is 0 Å². The molecule has 23 heavy (non-hydrogen) atoms. The van der Waals surface area contributed by atoms with Gasteiger partial charge >= 0.3 is 0 Å². The van der Waals surface area contributed by atoms with E-state index in [2.05, 4.69) is 5.32 Å². The summed E-state index contributed by atoms with van der Waals surface area (Å²) < 4.78 is 10.6. The number of thioether (sulfide) groups is 2. The van der Waals surface area contributed by atoms with E-state index in [1.807, 2.05) is 48.7 Å². The standard InChI is InChI=1S/C17H17NO3S2/c1-22-16-5-3-2-4-13(16)18-17(19)10-23-9-12-6-7-14-15(8-12)21-11-20-14/h2-8H,9-11H2,1H3,(H,18,19). The van der Waals surface area contributed by atoms with Gasteiger partial charge < -0.3 is 14.8 Å². The van der Waals surface area contributed by atoms with E-state index in [1.54, 1.807) is 23.5 Å². The maximum atomic E-state index is 12.1. The van der Waals surface area contributed by atoms with Crippen molar-refractivity contribution in [2.24, 2.45) is 0 Å². The Balaban J connectivity index is 1.49. The Hall–Kier alpha value is -1.79. The molecule has 1 heterocycles. The van der Waals surface area contributed by atoms with Crippen molar-refractivity contribution in [3.05, 3.63) is 48.0 Å². The summed E-state index contributed by atoms with van der Waals surface area (Å²) in [6, 6.07) is 13.7. The number of ether oxygens (including phenoxy) is 2. The Labute approximate surface area is 143 Å². The van der Waals surface area contributed by atoms with E-state index in [0.29, 0.717) is 5.75 Å². The van der Waals surface area contributed by atoms with Gasteiger partial charge in [-0.1, -0.05) is 18.2 Å². The fraction of sp³-hybridized carbons (Fsp3) is 0.235. The summed E-state index contributed by atoms with van der Waals surface area (Å²) in [4.78, 5) is 13.1. The number of fused-ring (bicyclic) bond motifs is 1. The first kappa shape index (κ1) is 16.1.